The van der Waals surface area contributed by atoms with Crippen molar-refractivity contribution in [1.29, 1.82) is 0 Å². The zero-order valence-electron chi connectivity index (χ0n) is 9.01. The van der Waals surface area contributed by atoms with Crippen LogP contribution in [-0.2, 0) is 0 Å². The third kappa shape index (κ3) is 4.53. The van der Waals surface area contributed by atoms with Gasteiger partial charge in [0, 0.05) is 0 Å². The summed E-state index contributed by atoms with van der Waals surface area (Å²) in [5, 5.41) is 0. The lowest BCUT2D eigenvalue weighted by Gasteiger charge is -2.17. The molecule has 72 valence electrons. The van der Waals surface area contributed by atoms with Crippen LogP contribution in [0.15, 0.2) is 4.99 Å². The van der Waals surface area contributed by atoms with E-state index in [1.807, 2.05) is 13.1 Å². The van der Waals surface area contributed by atoms with Crippen LogP contribution in [0.4, 0.5) is 0 Å². The zero-order chi connectivity index (χ0) is 9.40. The van der Waals surface area contributed by atoms with Gasteiger partial charge in [-0.1, -0.05) is 33.6 Å². The van der Waals surface area contributed by atoms with Crippen molar-refractivity contribution >= 4 is 6.21 Å². The van der Waals surface area contributed by atoms with Crippen LogP contribution in [0.2, 0.25) is 0 Å². The monoisotopic (exact) mass is 169 g/mol. The van der Waals surface area contributed by atoms with Crippen LogP contribution in [0.5, 0.6) is 0 Å². The van der Waals surface area contributed by atoms with Gasteiger partial charge in [0.05, 0.1) is 6.04 Å². The van der Waals surface area contributed by atoms with Crippen LogP contribution in [0.3, 0.4) is 0 Å². The van der Waals surface area contributed by atoms with E-state index in [9.17, 15) is 0 Å². The fourth-order valence-electron chi connectivity index (χ4n) is 1.56. The summed E-state index contributed by atoms with van der Waals surface area (Å²) in [6, 6.07) is 0.557. The van der Waals surface area contributed by atoms with Crippen molar-refractivity contribution in [2.75, 3.05) is 0 Å². The Morgan fingerprint density at radius 1 is 1.33 bits per heavy atom. The number of rotatable bonds is 6. The maximum atomic E-state index is 4.47. The Morgan fingerprint density at radius 2 is 2.00 bits per heavy atom. The van der Waals surface area contributed by atoms with Crippen molar-refractivity contribution in [2.24, 2.45) is 10.9 Å². The molecule has 1 nitrogen and oxygen atoms in total. The van der Waals surface area contributed by atoms with E-state index in [-0.39, 0.29) is 0 Å². The average molecular weight is 169 g/mol. The largest absolute Gasteiger partial charge is 0.294 e. The van der Waals surface area contributed by atoms with E-state index in [1.54, 1.807) is 0 Å². The fraction of sp³-hybridized carbons (Fsp3) is 0.909. The van der Waals surface area contributed by atoms with Crippen molar-refractivity contribution in [2.45, 2.75) is 59.4 Å². The van der Waals surface area contributed by atoms with Gasteiger partial charge >= 0.3 is 0 Å². The molecule has 0 rings (SSSR count). The SMILES string of the molecule is CC=NC(CC)C(C)CCCC. The Balaban J connectivity index is 3.76. The van der Waals surface area contributed by atoms with Crippen LogP contribution in [0.1, 0.15) is 53.4 Å². The molecule has 0 amide bonds. The van der Waals surface area contributed by atoms with Crippen molar-refractivity contribution < 1.29 is 0 Å². The molecule has 0 aromatic heterocycles. The standard InChI is InChI=1S/C11H23N/c1-5-8-9-10(4)11(6-2)12-7-3/h7,10-11H,5-6,8-9H2,1-4H3. The Bertz CT molecular complexity index is 118. The molecule has 0 fully saturated rings. The van der Waals surface area contributed by atoms with E-state index >= 15 is 0 Å². The molecule has 0 aliphatic carbocycles. The molecule has 0 heterocycles. The van der Waals surface area contributed by atoms with Gasteiger partial charge in [0.15, 0.2) is 0 Å². The molecule has 12 heavy (non-hydrogen) atoms. The van der Waals surface area contributed by atoms with Crippen molar-refractivity contribution in [3.63, 3.8) is 0 Å². The van der Waals surface area contributed by atoms with Gasteiger partial charge in [-0.15, -0.1) is 0 Å². The molecule has 0 saturated heterocycles. The van der Waals surface area contributed by atoms with Crippen molar-refractivity contribution in [1.82, 2.24) is 0 Å². The number of aliphatic imine (C=N–C) groups is 1. The molecule has 2 unspecified atom stereocenters. The predicted molar refractivity (Wildman–Crippen MR) is 56.9 cm³/mol. The minimum absolute atomic E-state index is 0.557. The summed E-state index contributed by atoms with van der Waals surface area (Å²) in [6.07, 6.45) is 7.09. The smallest absolute Gasteiger partial charge is 0.0518 e. The summed E-state index contributed by atoms with van der Waals surface area (Å²) < 4.78 is 0. The molecule has 0 radical (unpaired) electrons. The second-order valence-electron chi connectivity index (χ2n) is 3.50. The average Bonchev–Trinajstić information content (AvgIpc) is 2.10. The van der Waals surface area contributed by atoms with Gasteiger partial charge in [-0.25, -0.2) is 0 Å². The highest BCUT2D eigenvalue weighted by molar-refractivity contribution is 5.53. The van der Waals surface area contributed by atoms with Gasteiger partial charge in [0.2, 0.25) is 0 Å². The summed E-state index contributed by atoms with van der Waals surface area (Å²) in [5.41, 5.74) is 0. The molecule has 0 spiro atoms. The number of hydrogen-bond acceptors (Lipinski definition) is 1. The molecule has 0 aromatic rings. The van der Waals surface area contributed by atoms with Gasteiger partial charge in [0.1, 0.15) is 0 Å². The minimum Gasteiger partial charge on any atom is -0.294 e. The maximum absolute atomic E-state index is 4.47. The first-order chi connectivity index (χ1) is 5.76. The minimum atomic E-state index is 0.557. The van der Waals surface area contributed by atoms with Gasteiger partial charge in [0.25, 0.3) is 0 Å². The van der Waals surface area contributed by atoms with Crippen LogP contribution in [0.25, 0.3) is 0 Å². The predicted octanol–water partition coefficient (Wildman–Crippen LogP) is 3.68. The summed E-state index contributed by atoms with van der Waals surface area (Å²) in [5.74, 6) is 0.756. The van der Waals surface area contributed by atoms with Crippen LogP contribution in [0, 0.1) is 5.92 Å². The van der Waals surface area contributed by atoms with Gasteiger partial charge in [-0.2, -0.15) is 0 Å². The first-order valence-electron chi connectivity index (χ1n) is 5.24. The summed E-state index contributed by atoms with van der Waals surface area (Å²) >= 11 is 0. The summed E-state index contributed by atoms with van der Waals surface area (Å²) in [7, 11) is 0. The lowest BCUT2D eigenvalue weighted by atomic mass is 9.94. The van der Waals surface area contributed by atoms with Crippen LogP contribution >= 0.6 is 0 Å². The lowest BCUT2D eigenvalue weighted by molar-refractivity contribution is 0.407. The van der Waals surface area contributed by atoms with E-state index in [0.717, 1.165) is 5.92 Å². The maximum Gasteiger partial charge on any atom is 0.0518 e. The molecule has 0 bridgehead atoms. The second-order valence-corrected chi connectivity index (χ2v) is 3.50. The zero-order valence-corrected chi connectivity index (χ0v) is 9.01. The Labute approximate surface area is 77.3 Å². The quantitative estimate of drug-likeness (QED) is 0.538. The molecular formula is C11H23N. The van der Waals surface area contributed by atoms with Gasteiger partial charge in [-0.3, -0.25) is 4.99 Å². The molecular weight excluding hydrogens is 146 g/mol. The molecule has 0 aromatic carbocycles. The summed E-state index contributed by atoms with van der Waals surface area (Å²) in [6.45, 7) is 8.79. The molecule has 2 atom stereocenters. The van der Waals surface area contributed by atoms with Crippen molar-refractivity contribution in [3.8, 4) is 0 Å². The van der Waals surface area contributed by atoms with Gasteiger partial charge < -0.3 is 0 Å². The lowest BCUT2D eigenvalue weighted by Crippen LogP contribution is -2.14. The van der Waals surface area contributed by atoms with E-state index in [1.165, 1.54) is 25.7 Å². The normalized spacial score (nSPS) is 16.7. The van der Waals surface area contributed by atoms with Crippen LogP contribution in [-0.4, -0.2) is 12.3 Å². The Morgan fingerprint density at radius 3 is 2.42 bits per heavy atom. The Kier molecular flexibility index (Phi) is 7.12. The molecule has 0 N–H and O–H groups in total. The number of nitrogens with zero attached hydrogens (tertiary/aromatic N) is 1. The molecule has 0 saturated carbocycles. The van der Waals surface area contributed by atoms with E-state index < -0.39 is 0 Å². The first-order valence-corrected chi connectivity index (χ1v) is 5.24. The topological polar surface area (TPSA) is 12.4 Å². The van der Waals surface area contributed by atoms with Crippen LogP contribution < -0.4 is 0 Å². The number of unbranched alkanes of at least 4 members (excludes halogenated alkanes) is 1. The third-order valence-corrected chi connectivity index (χ3v) is 2.43. The Hall–Kier alpha value is -0.330. The second kappa shape index (κ2) is 7.33. The highest BCUT2D eigenvalue weighted by atomic mass is 14.8. The molecule has 0 aliphatic rings. The van der Waals surface area contributed by atoms with Gasteiger partial charge in [-0.05, 0) is 31.9 Å². The highest BCUT2D eigenvalue weighted by Gasteiger charge is 2.11. The first kappa shape index (κ1) is 11.7. The molecule has 0 aliphatic heterocycles. The van der Waals surface area contributed by atoms with E-state index in [0.29, 0.717) is 6.04 Å². The molecule has 1 heteroatoms. The third-order valence-electron chi connectivity index (χ3n) is 2.43. The number of hydrogen-bond donors (Lipinski definition) is 0. The van der Waals surface area contributed by atoms with E-state index in [2.05, 4.69) is 25.8 Å². The van der Waals surface area contributed by atoms with Crippen molar-refractivity contribution in [3.05, 3.63) is 0 Å². The summed E-state index contributed by atoms with van der Waals surface area (Å²) in [4.78, 5) is 4.47. The van der Waals surface area contributed by atoms with E-state index in [4.69, 9.17) is 0 Å². The fourth-order valence-corrected chi connectivity index (χ4v) is 1.56. The highest BCUT2D eigenvalue weighted by Crippen LogP contribution is 2.17.